The van der Waals surface area contributed by atoms with Crippen LogP contribution in [0.15, 0.2) is 18.2 Å². The lowest BCUT2D eigenvalue weighted by Crippen LogP contribution is -2.05. The average molecular weight is 224 g/mol. The number of halogens is 4. The lowest BCUT2D eigenvalue weighted by molar-refractivity contribution is 0.130. The zero-order valence-electron chi connectivity index (χ0n) is 6.61. The summed E-state index contributed by atoms with van der Waals surface area (Å²) in [6.07, 6.45) is -2.53. The van der Waals surface area contributed by atoms with Crippen molar-refractivity contribution < 1.29 is 8.78 Å². The maximum atomic E-state index is 12.3. The normalized spacial score (nSPS) is 13.4. The minimum Gasteiger partial charge on any atom is -0.210 e. The Labute approximate surface area is 85.5 Å². The Kier molecular flexibility index (Phi) is 3.51. The van der Waals surface area contributed by atoms with E-state index < -0.39 is 12.3 Å². The van der Waals surface area contributed by atoms with E-state index in [-0.39, 0.29) is 15.6 Å². The molecular weight excluding hydrogens is 217 g/mol. The summed E-state index contributed by atoms with van der Waals surface area (Å²) in [5, 5.41) is 0.429. The van der Waals surface area contributed by atoms with E-state index in [4.69, 9.17) is 23.2 Å². The number of hydrogen-bond acceptors (Lipinski definition) is 0. The van der Waals surface area contributed by atoms with Crippen molar-refractivity contribution >= 4 is 23.2 Å². The van der Waals surface area contributed by atoms with Crippen LogP contribution in [0.1, 0.15) is 11.5 Å². The quantitative estimate of drug-likeness (QED) is 0.706. The summed E-state index contributed by atoms with van der Waals surface area (Å²) in [4.78, 5) is 0. The molecule has 0 aliphatic rings. The molecule has 0 saturated carbocycles. The van der Waals surface area contributed by atoms with Crippen molar-refractivity contribution in [1.29, 1.82) is 0 Å². The highest BCUT2D eigenvalue weighted by atomic mass is 35.5. The molecule has 0 heterocycles. The van der Waals surface area contributed by atoms with E-state index in [2.05, 4.69) is 6.92 Å². The monoisotopic (exact) mass is 223 g/mol. The summed E-state index contributed by atoms with van der Waals surface area (Å²) >= 11 is 11.4. The summed E-state index contributed by atoms with van der Waals surface area (Å²) in [6, 6.07) is 4.62. The number of rotatable bonds is 2. The van der Waals surface area contributed by atoms with E-state index >= 15 is 0 Å². The van der Waals surface area contributed by atoms with Gasteiger partial charge in [-0.1, -0.05) is 35.3 Å². The van der Waals surface area contributed by atoms with Crippen LogP contribution in [0.4, 0.5) is 8.78 Å². The molecule has 1 atom stereocenters. The van der Waals surface area contributed by atoms with Gasteiger partial charge in [-0.3, -0.25) is 0 Å². The first kappa shape index (κ1) is 10.7. The first-order valence-electron chi connectivity index (χ1n) is 3.59. The number of hydrogen-bond donors (Lipinski definition) is 0. The van der Waals surface area contributed by atoms with Crippen molar-refractivity contribution in [1.82, 2.24) is 0 Å². The molecule has 1 rings (SSSR count). The van der Waals surface area contributed by atoms with Crippen molar-refractivity contribution in [3.8, 4) is 0 Å². The van der Waals surface area contributed by atoms with Crippen LogP contribution in [0.2, 0.25) is 10.0 Å². The molecule has 0 N–H and O–H groups in total. The maximum absolute atomic E-state index is 12.3. The van der Waals surface area contributed by atoms with E-state index in [1.165, 1.54) is 6.07 Å². The first-order valence-corrected chi connectivity index (χ1v) is 4.34. The second-order valence-corrected chi connectivity index (χ2v) is 3.37. The summed E-state index contributed by atoms with van der Waals surface area (Å²) in [7, 11) is 0. The molecule has 71 valence electrons. The van der Waals surface area contributed by atoms with Gasteiger partial charge in [-0.15, -0.1) is 0 Å². The predicted octanol–water partition coefficient (Wildman–Crippen LogP) is 4.18. The molecule has 0 spiro atoms. The zero-order chi connectivity index (χ0) is 10.0. The molecule has 1 aromatic rings. The van der Waals surface area contributed by atoms with Gasteiger partial charge in [0.05, 0.1) is 10.0 Å². The highest BCUT2D eigenvalue weighted by Crippen LogP contribution is 2.33. The van der Waals surface area contributed by atoms with Crippen molar-refractivity contribution in [3.05, 3.63) is 40.7 Å². The fourth-order valence-corrected chi connectivity index (χ4v) is 1.39. The molecule has 0 aliphatic carbocycles. The van der Waals surface area contributed by atoms with Crippen molar-refractivity contribution in [2.24, 2.45) is 0 Å². The van der Waals surface area contributed by atoms with Gasteiger partial charge in [0.15, 0.2) is 0 Å². The molecule has 0 bridgehead atoms. The first-order chi connectivity index (χ1) is 6.04. The van der Waals surface area contributed by atoms with Crippen LogP contribution < -0.4 is 0 Å². The van der Waals surface area contributed by atoms with Gasteiger partial charge in [-0.05, 0) is 18.6 Å². The second-order valence-electron chi connectivity index (χ2n) is 2.58. The highest BCUT2D eigenvalue weighted by Gasteiger charge is 2.20. The zero-order valence-corrected chi connectivity index (χ0v) is 8.12. The Morgan fingerprint density at radius 1 is 1.23 bits per heavy atom. The van der Waals surface area contributed by atoms with Crippen molar-refractivity contribution in [3.63, 3.8) is 0 Å². The molecule has 0 aliphatic heterocycles. The van der Waals surface area contributed by atoms with Crippen LogP contribution in [0.3, 0.4) is 0 Å². The summed E-state index contributed by atoms with van der Waals surface area (Å²) in [6.45, 7) is 3.32. The SMILES string of the molecule is [CH2]C(c1cccc(Cl)c1Cl)C(F)F. The third-order valence-electron chi connectivity index (χ3n) is 1.69. The van der Waals surface area contributed by atoms with Crippen LogP contribution in [0.5, 0.6) is 0 Å². The van der Waals surface area contributed by atoms with Crippen molar-refractivity contribution in [2.45, 2.75) is 12.3 Å². The minimum atomic E-state index is -2.53. The largest absolute Gasteiger partial charge is 0.245 e. The van der Waals surface area contributed by atoms with Crippen LogP contribution >= 0.6 is 23.2 Å². The molecule has 0 aromatic heterocycles. The Morgan fingerprint density at radius 2 is 1.85 bits per heavy atom. The highest BCUT2D eigenvalue weighted by molar-refractivity contribution is 6.42. The fourth-order valence-electron chi connectivity index (χ4n) is 0.943. The Morgan fingerprint density at radius 3 is 2.38 bits per heavy atom. The smallest absolute Gasteiger partial charge is 0.210 e. The van der Waals surface area contributed by atoms with E-state index in [0.29, 0.717) is 0 Å². The molecule has 0 nitrogen and oxygen atoms in total. The van der Waals surface area contributed by atoms with E-state index in [1.54, 1.807) is 12.1 Å². The van der Waals surface area contributed by atoms with Gasteiger partial charge < -0.3 is 0 Å². The topological polar surface area (TPSA) is 0 Å². The van der Waals surface area contributed by atoms with Crippen LogP contribution in [0.25, 0.3) is 0 Å². The molecular formula is C9H7Cl2F2. The fraction of sp³-hybridized carbons (Fsp3) is 0.222. The Bertz CT molecular complexity index is 300. The summed E-state index contributed by atoms with van der Waals surface area (Å²) in [5.41, 5.74) is 0.282. The molecule has 1 aromatic carbocycles. The van der Waals surface area contributed by atoms with Gasteiger partial charge in [0.2, 0.25) is 6.43 Å². The molecule has 1 unspecified atom stereocenters. The van der Waals surface area contributed by atoms with E-state index in [9.17, 15) is 8.78 Å². The van der Waals surface area contributed by atoms with Gasteiger partial charge in [0.1, 0.15) is 0 Å². The van der Waals surface area contributed by atoms with Gasteiger partial charge in [-0.2, -0.15) is 0 Å². The van der Waals surface area contributed by atoms with Gasteiger partial charge in [-0.25, -0.2) is 8.78 Å². The number of benzene rings is 1. The lowest BCUT2D eigenvalue weighted by atomic mass is 10.0. The Balaban J connectivity index is 3.07. The van der Waals surface area contributed by atoms with Gasteiger partial charge in [0.25, 0.3) is 0 Å². The standard InChI is InChI=1S/C9H7Cl2F2/c1-5(9(12)13)6-3-2-4-7(10)8(6)11/h2-5,9H,1H2. The number of alkyl halides is 2. The molecule has 4 heteroatoms. The predicted molar refractivity (Wildman–Crippen MR) is 50.6 cm³/mol. The molecule has 0 amide bonds. The van der Waals surface area contributed by atoms with Crippen molar-refractivity contribution in [2.75, 3.05) is 0 Å². The third-order valence-corrected chi connectivity index (χ3v) is 2.52. The lowest BCUT2D eigenvalue weighted by Gasteiger charge is -2.12. The molecule has 0 fully saturated rings. The van der Waals surface area contributed by atoms with Crippen LogP contribution in [-0.2, 0) is 0 Å². The molecule has 0 saturated heterocycles. The van der Waals surface area contributed by atoms with Crippen LogP contribution in [0, 0.1) is 6.92 Å². The molecule has 13 heavy (non-hydrogen) atoms. The van der Waals surface area contributed by atoms with E-state index in [0.717, 1.165) is 0 Å². The average Bonchev–Trinajstić information content (AvgIpc) is 2.08. The van der Waals surface area contributed by atoms with Gasteiger partial charge >= 0.3 is 0 Å². The van der Waals surface area contributed by atoms with Crippen LogP contribution in [-0.4, -0.2) is 6.43 Å². The molecule has 1 radical (unpaired) electrons. The summed E-state index contributed by atoms with van der Waals surface area (Å²) in [5.74, 6) is -1.13. The minimum absolute atomic E-state index is 0.157. The Hall–Kier alpha value is -0.340. The third kappa shape index (κ3) is 2.32. The van der Waals surface area contributed by atoms with Gasteiger partial charge in [0, 0.05) is 5.92 Å². The second kappa shape index (κ2) is 4.25. The maximum Gasteiger partial charge on any atom is 0.245 e. The van der Waals surface area contributed by atoms with E-state index in [1.807, 2.05) is 0 Å². The summed E-state index contributed by atoms with van der Waals surface area (Å²) < 4.78 is 24.5.